The molecule has 0 atom stereocenters. The molecule has 3 aromatic heterocycles. The van der Waals surface area contributed by atoms with Gasteiger partial charge < -0.3 is 15.1 Å². The number of aryl methyl sites for hydroxylation is 2. The van der Waals surface area contributed by atoms with E-state index < -0.39 is 5.91 Å². The number of hydrogen-bond acceptors (Lipinski definition) is 6. The zero-order valence-electron chi connectivity index (χ0n) is 15.1. The minimum atomic E-state index is -0.449. The Hall–Kier alpha value is -4.01. The van der Waals surface area contributed by atoms with Crippen molar-refractivity contribution in [1.29, 1.82) is 0 Å². The highest BCUT2D eigenvalue weighted by Gasteiger charge is 2.15. The molecule has 28 heavy (non-hydrogen) atoms. The van der Waals surface area contributed by atoms with E-state index in [2.05, 4.69) is 25.7 Å². The largest absolute Gasteiger partial charge is 0.459 e. The second-order valence-corrected chi connectivity index (χ2v) is 6.15. The second kappa shape index (κ2) is 6.95. The number of nitrogens with one attached hydrogen (secondary N) is 2. The molecule has 2 amide bonds. The van der Waals surface area contributed by atoms with Crippen molar-refractivity contribution in [2.45, 2.75) is 13.8 Å². The van der Waals surface area contributed by atoms with Crippen LogP contribution in [-0.2, 0) is 0 Å². The zero-order valence-corrected chi connectivity index (χ0v) is 15.1. The fraction of sp³-hybridized carbons (Fsp3) is 0.105. The molecule has 2 N–H and O–H groups in total. The predicted octanol–water partition coefficient (Wildman–Crippen LogP) is 2.84. The number of rotatable bonds is 4. The lowest BCUT2D eigenvalue weighted by molar-refractivity contribution is 0.0993. The van der Waals surface area contributed by atoms with Crippen molar-refractivity contribution in [3.05, 3.63) is 71.7 Å². The number of amides is 2. The Morgan fingerprint density at radius 2 is 1.64 bits per heavy atom. The highest BCUT2D eigenvalue weighted by Crippen LogP contribution is 2.16. The number of carbonyl (C=O) groups excluding carboxylic acids is 2. The van der Waals surface area contributed by atoms with Crippen molar-refractivity contribution < 1.29 is 14.0 Å². The van der Waals surface area contributed by atoms with E-state index in [0.717, 1.165) is 11.4 Å². The molecule has 0 unspecified atom stereocenters. The Balaban J connectivity index is 1.46. The zero-order chi connectivity index (χ0) is 19.7. The van der Waals surface area contributed by atoms with Crippen LogP contribution in [0, 0.1) is 13.8 Å². The van der Waals surface area contributed by atoms with Crippen LogP contribution < -0.4 is 10.6 Å². The maximum atomic E-state index is 12.4. The molecule has 4 aromatic rings. The number of nitrogens with zero attached hydrogens (tertiary/aromatic N) is 4. The molecule has 0 aliphatic carbocycles. The van der Waals surface area contributed by atoms with Crippen LogP contribution in [0.1, 0.15) is 32.6 Å². The fourth-order valence-corrected chi connectivity index (χ4v) is 2.69. The molecule has 0 fully saturated rings. The van der Waals surface area contributed by atoms with Gasteiger partial charge in [0.05, 0.1) is 6.26 Å². The van der Waals surface area contributed by atoms with Gasteiger partial charge in [-0.05, 0) is 56.3 Å². The van der Waals surface area contributed by atoms with E-state index in [0.29, 0.717) is 17.2 Å². The Bertz CT molecular complexity index is 1160. The summed E-state index contributed by atoms with van der Waals surface area (Å²) in [6, 6.07) is 11.7. The molecule has 140 valence electrons. The lowest BCUT2D eigenvalue weighted by Crippen LogP contribution is -2.14. The Morgan fingerprint density at radius 3 is 2.29 bits per heavy atom. The monoisotopic (exact) mass is 376 g/mol. The number of hydrogen-bond donors (Lipinski definition) is 2. The van der Waals surface area contributed by atoms with Crippen LogP contribution in [0.25, 0.3) is 5.78 Å². The molecule has 3 heterocycles. The van der Waals surface area contributed by atoms with E-state index in [1.807, 2.05) is 19.9 Å². The fourth-order valence-electron chi connectivity index (χ4n) is 2.69. The molecule has 0 bridgehead atoms. The first-order valence-electron chi connectivity index (χ1n) is 8.47. The van der Waals surface area contributed by atoms with Gasteiger partial charge in [-0.15, -0.1) is 5.10 Å². The van der Waals surface area contributed by atoms with Gasteiger partial charge in [0.2, 0.25) is 5.82 Å². The van der Waals surface area contributed by atoms with Gasteiger partial charge in [-0.1, -0.05) is 0 Å². The van der Waals surface area contributed by atoms with E-state index in [1.165, 1.54) is 10.8 Å². The highest BCUT2D eigenvalue weighted by atomic mass is 16.3. The third-order valence-electron chi connectivity index (χ3n) is 3.97. The summed E-state index contributed by atoms with van der Waals surface area (Å²) in [6.45, 7) is 3.72. The quantitative estimate of drug-likeness (QED) is 0.566. The number of aromatic nitrogens is 4. The van der Waals surface area contributed by atoms with Gasteiger partial charge >= 0.3 is 0 Å². The van der Waals surface area contributed by atoms with Gasteiger partial charge in [-0.3, -0.25) is 9.59 Å². The van der Waals surface area contributed by atoms with Crippen molar-refractivity contribution in [2.24, 2.45) is 0 Å². The second-order valence-electron chi connectivity index (χ2n) is 6.15. The van der Waals surface area contributed by atoms with Crippen molar-refractivity contribution in [2.75, 3.05) is 10.6 Å². The third-order valence-corrected chi connectivity index (χ3v) is 3.97. The van der Waals surface area contributed by atoms with Crippen LogP contribution in [0.5, 0.6) is 0 Å². The average molecular weight is 376 g/mol. The third kappa shape index (κ3) is 3.45. The minimum Gasteiger partial charge on any atom is -0.459 e. The maximum Gasteiger partial charge on any atom is 0.295 e. The van der Waals surface area contributed by atoms with E-state index >= 15 is 0 Å². The van der Waals surface area contributed by atoms with Gasteiger partial charge in [0.15, 0.2) is 5.76 Å². The van der Waals surface area contributed by atoms with Crippen LogP contribution in [-0.4, -0.2) is 31.4 Å². The topological polar surface area (TPSA) is 114 Å². The summed E-state index contributed by atoms with van der Waals surface area (Å²) in [6.07, 6.45) is 1.43. The summed E-state index contributed by atoms with van der Waals surface area (Å²) in [4.78, 5) is 32.8. The molecule has 0 spiro atoms. The lowest BCUT2D eigenvalue weighted by Gasteiger charge is -2.06. The van der Waals surface area contributed by atoms with Gasteiger partial charge in [-0.2, -0.15) is 4.98 Å². The SMILES string of the molecule is Cc1cc(C)n2nc(C(=O)Nc3ccc(NC(=O)c4ccco4)cc3)nc2n1. The van der Waals surface area contributed by atoms with E-state index in [-0.39, 0.29) is 17.5 Å². The van der Waals surface area contributed by atoms with Crippen LogP contribution in [0.15, 0.2) is 53.1 Å². The van der Waals surface area contributed by atoms with Crippen LogP contribution >= 0.6 is 0 Å². The molecule has 9 heteroatoms. The normalized spacial score (nSPS) is 10.8. The van der Waals surface area contributed by atoms with Gasteiger partial charge in [0.25, 0.3) is 17.6 Å². The molecule has 0 aliphatic heterocycles. The Labute approximate surface area is 159 Å². The minimum absolute atomic E-state index is 0.0244. The van der Waals surface area contributed by atoms with Crippen molar-refractivity contribution in [3.63, 3.8) is 0 Å². The Morgan fingerprint density at radius 1 is 0.964 bits per heavy atom. The maximum absolute atomic E-state index is 12.4. The standard InChI is InChI=1S/C19H16N6O3/c1-11-10-12(2)25-19(20-11)23-16(24-25)18(27)22-14-7-5-13(6-8-14)21-17(26)15-4-3-9-28-15/h3-10H,1-2H3,(H,21,26)(H,22,27). The molecule has 9 nitrogen and oxygen atoms in total. The average Bonchev–Trinajstić information content (AvgIpc) is 3.33. The summed E-state index contributed by atoms with van der Waals surface area (Å²) in [5.74, 6) is -0.187. The molecule has 4 rings (SSSR count). The van der Waals surface area contributed by atoms with E-state index in [9.17, 15) is 9.59 Å². The molecular weight excluding hydrogens is 360 g/mol. The van der Waals surface area contributed by atoms with Crippen molar-refractivity contribution in [1.82, 2.24) is 19.6 Å². The summed E-state index contributed by atoms with van der Waals surface area (Å²) < 4.78 is 6.57. The van der Waals surface area contributed by atoms with Crippen molar-refractivity contribution >= 4 is 29.0 Å². The first-order chi connectivity index (χ1) is 13.5. The van der Waals surface area contributed by atoms with Crippen LogP contribution in [0.2, 0.25) is 0 Å². The molecular formula is C19H16N6O3. The highest BCUT2D eigenvalue weighted by molar-refractivity contribution is 6.03. The first kappa shape index (κ1) is 17.4. The summed E-state index contributed by atoms with van der Waals surface area (Å²) in [5, 5.41) is 9.63. The van der Waals surface area contributed by atoms with Crippen molar-refractivity contribution in [3.8, 4) is 0 Å². The van der Waals surface area contributed by atoms with Gasteiger partial charge in [-0.25, -0.2) is 9.50 Å². The van der Waals surface area contributed by atoms with Gasteiger partial charge in [0.1, 0.15) is 0 Å². The first-order valence-corrected chi connectivity index (χ1v) is 8.47. The predicted molar refractivity (Wildman–Crippen MR) is 101 cm³/mol. The summed E-state index contributed by atoms with van der Waals surface area (Å²) >= 11 is 0. The number of benzene rings is 1. The number of fused-ring (bicyclic) bond motifs is 1. The number of furan rings is 1. The molecule has 1 aromatic carbocycles. The molecule has 0 saturated carbocycles. The summed E-state index contributed by atoms with van der Waals surface area (Å²) in [7, 11) is 0. The number of carbonyl (C=O) groups is 2. The Kier molecular flexibility index (Phi) is 4.32. The van der Waals surface area contributed by atoms with Gasteiger partial charge in [0, 0.05) is 22.8 Å². The smallest absolute Gasteiger partial charge is 0.295 e. The molecule has 0 aliphatic rings. The molecule has 0 radical (unpaired) electrons. The van der Waals surface area contributed by atoms with Crippen LogP contribution in [0.3, 0.4) is 0 Å². The summed E-state index contributed by atoms with van der Waals surface area (Å²) in [5.41, 5.74) is 2.75. The van der Waals surface area contributed by atoms with E-state index in [4.69, 9.17) is 4.42 Å². The van der Waals surface area contributed by atoms with E-state index in [1.54, 1.807) is 36.4 Å². The van der Waals surface area contributed by atoms with Crippen LogP contribution in [0.4, 0.5) is 11.4 Å². The number of anilines is 2. The molecule has 0 saturated heterocycles. The lowest BCUT2D eigenvalue weighted by atomic mass is 10.2.